The van der Waals surface area contributed by atoms with E-state index in [4.69, 9.17) is 4.74 Å². The number of carbonyl (C=O) groups excluding carboxylic acids is 1. The van der Waals surface area contributed by atoms with Crippen LogP contribution in [0.3, 0.4) is 0 Å². The van der Waals surface area contributed by atoms with E-state index in [1.54, 1.807) is 0 Å². The van der Waals surface area contributed by atoms with E-state index in [0.29, 0.717) is 24.5 Å². The van der Waals surface area contributed by atoms with Crippen molar-refractivity contribution in [1.82, 2.24) is 14.7 Å². The van der Waals surface area contributed by atoms with Gasteiger partial charge in [-0.1, -0.05) is 12.1 Å². The van der Waals surface area contributed by atoms with Crippen molar-refractivity contribution >= 4 is 22.4 Å². The van der Waals surface area contributed by atoms with Crippen molar-refractivity contribution in [1.29, 1.82) is 0 Å². The van der Waals surface area contributed by atoms with Crippen LogP contribution >= 0.6 is 0 Å². The van der Waals surface area contributed by atoms with Gasteiger partial charge in [0.15, 0.2) is 0 Å². The summed E-state index contributed by atoms with van der Waals surface area (Å²) in [5, 5.41) is 5.66. The lowest BCUT2D eigenvalue weighted by Gasteiger charge is -2.34. The molecule has 1 saturated carbocycles. The minimum atomic E-state index is -0.000264. The van der Waals surface area contributed by atoms with Crippen LogP contribution < -0.4 is 9.64 Å². The maximum Gasteiger partial charge on any atom is 0.133 e. The molecule has 0 radical (unpaired) electrons. The van der Waals surface area contributed by atoms with Crippen molar-refractivity contribution in [2.24, 2.45) is 13.0 Å². The summed E-state index contributed by atoms with van der Waals surface area (Å²) in [6, 6.07) is 13.1. The van der Waals surface area contributed by atoms with Crippen LogP contribution in [0, 0.1) is 5.92 Å². The molecule has 0 bridgehead atoms. The van der Waals surface area contributed by atoms with Gasteiger partial charge in [0.05, 0.1) is 17.0 Å². The molecule has 1 aliphatic heterocycles. The summed E-state index contributed by atoms with van der Waals surface area (Å²) in [6.07, 6.45) is 4.24. The number of ketones is 1. The van der Waals surface area contributed by atoms with Crippen LogP contribution in [0.2, 0.25) is 0 Å². The Morgan fingerprint density at radius 2 is 1.78 bits per heavy atom. The van der Waals surface area contributed by atoms with Gasteiger partial charge in [0.2, 0.25) is 0 Å². The molecule has 1 saturated heterocycles. The van der Waals surface area contributed by atoms with Crippen molar-refractivity contribution in [2.45, 2.75) is 32.3 Å². The molecule has 6 heteroatoms. The molecule has 2 aromatic carbocycles. The number of hydrogen-bond donors (Lipinski definition) is 0. The molecule has 2 heterocycles. The summed E-state index contributed by atoms with van der Waals surface area (Å²) in [5.74, 6) is 1.49. The number of piperazine rings is 1. The van der Waals surface area contributed by atoms with Crippen molar-refractivity contribution in [3.63, 3.8) is 0 Å². The molecule has 0 spiro atoms. The van der Waals surface area contributed by atoms with E-state index >= 15 is 0 Å². The first-order valence-corrected chi connectivity index (χ1v) is 11.7. The zero-order chi connectivity index (χ0) is 22.2. The Bertz CT molecular complexity index is 1110. The second-order valence-electron chi connectivity index (χ2n) is 9.41. The van der Waals surface area contributed by atoms with E-state index in [-0.39, 0.29) is 6.10 Å². The Kier molecular flexibility index (Phi) is 5.64. The standard InChI is InChI=1S/C26H32N4O2/c1-18(20-6-9-23(31)14-20)32-26-16-21(15-25-24(26)17-29(3)27-25)19-4-7-22(8-5-19)30-12-10-28(2)11-13-30/h4-5,7-8,15-18,20H,6,9-14H2,1-3H3/t18-,20+/m1/s1. The summed E-state index contributed by atoms with van der Waals surface area (Å²) < 4.78 is 8.28. The predicted molar refractivity (Wildman–Crippen MR) is 128 cm³/mol. The van der Waals surface area contributed by atoms with E-state index in [9.17, 15) is 4.79 Å². The fraction of sp³-hybridized carbons (Fsp3) is 0.462. The van der Waals surface area contributed by atoms with Gasteiger partial charge in [-0.15, -0.1) is 0 Å². The van der Waals surface area contributed by atoms with Gasteiger partial charge in [0.1, 0.15) is 11.5 Å². The maximum absolute atomic E-state index is 11.7. The first-order chi connectivity index (χ1) is 15.5. The number of benzene rings is 2. The number of likely N-dealkylation sites (N-methyl/N-ethyl adjacent to an activating group) is 1. The summed E-state index contributed by atoms with van der Waals surface area (Å²) in [7, 11) is 4.12. The smallest absolute Gasteiger partial charge is 0.133 e. The molecule has 32 heavy (non-hydrogen) atoms. The Hall–Kier alpha value is -2.86. The molecule has 0 amide bonds. The van der Waals surface area contributed by atoms with Crippen molar-refractivity contribution < 1.29 is 9.53 Å². The zero-order valence-electron chi connectivity index (χ0n) is 19.3. The minimum Gasteiger partial charge on any atom is -0.490 e. The number of ether oxygens (including phenoxy) is 1. The topological polar surface area (TPSA) is 50.6 Å². The average Bonchev–Trinajstić information content (AvgIpc) is 3.39. The number of nitrogens with zero attached hydrogens (tertiary/aromatic N) is 4. The summed E-state index contributed by atoms with van der Waals surface area (Å²) in [4.78, 5) is 16.6. The fourth-order valence-corrected chi connectivity index (χ4v) is 4.94. The number of rotatable bonds is 5. The molecular formula is C26H32N4O2. The molecule has 168 valence electrons. The second-order valence-corrected chi connectivity index (χ2v) is 9.41. The van der Waals surface area contributed by atoms with Crippen LogP contribution in [0.1, 0.15) is 26.2 Å². The van der Waals surface area contributed by atoms with Gasteiger partial charge in [0, 0.05) is 63.9 Å². The lowest BCUT2D eigenvalue weighted by atomic mass is 10.0. The largest absolute Gasteiger partial charge is 0.490 e. The molecule has 5 rings (SSSR count). The highest BCUT2D eigenvalue weighted by Crippen LogP contribution is 2.35. The highest BCUT2D eigenvalue weighted by Gasteiger charge is 2.28. The zero-order valence-corrected chi connectivity index (χ0v) is 19.3. The summed E-state index contributed by atoms with van der Waals surface area (Å²) in [5.41, 5.74) is 4.46. The van der Waals surface area contributed by atoms with Gasteiger partial charge < -0.3 is 14.5 Å². The van der Waals surface area contributed by atoms with E-state index < -0.39 is 0 Å². The third-order valence-electron chi connectivity index (χ3n) is 7.03. The van der Waals surface area contributed by atoms with E-state index in [0.717, 1.165) is 60.4 Å². The first kappa shape index (κ1) is 21.0. The molecule has 0 N–H and O–H groups in total. The van der Waals surface area contributed by atoms with Gasteiger partial charge in [-0.3, -0.25) is 9.48 Å². The monoisotopic (exact) mass is 432 g/mol. The van der Waals surface area contributed by atoms with Crippen molar-refractivity contribution in [3.05, 3.63) is 42.6 Å². The lowest BCUT2D eigenvalue weighted by Crippen LogP contribution is -2.44. The highest BCUT2D eigenvalue weighted by molar-refractivity contribution is 5.90. The van der Waals surface area contributed by atoms with Gasteiger partial charge in [-0.2, -0.15) is 5.10 Å². The van der Waals surface area contributed by atoms with Crippen LogP contribution in [0.5, 0.6) is 5.75 Å². The number of fused-ring (bicyclic) bond motifs is 1. The van der Waals surface area contributed by atoms with Crippen LogP contribution in [0.15, 0.2) is 42.6 Å². The lowest BCUT2D eigenvalue weighted by molar-refractivity contribution is -0.117. The van der Waals surface area contributed by atoms with Gasteiger partial charge in [-0.05, 0) is 55.8 Å². The molecule has 1 aromatic heterocycles. The van der Waals surface area contributed by atoms with Gasteiger partial charge in [0.25, 0.3) is 0 Å². The van der Waals surface area contributed by atoms with Crippen LogP contribution in [0.25, 0.3) is 22.0 Å². The number of Topliss-reactive ketones (excluding diaryl/α,β-unsaturated/α-hetero) is 1. The molecule has 2 atom stereocenters. The third-order valence-corrected chi connectivity index (χ3v) is 7.03. The summed E-state index contributed by atoms with van der Waals surface area (Å²) >= 11 is 0. The van der Waals surface area contributed by atoms with E-state index in [1.807, 2.05) is 17.9 Å². The van der Waals surface area contributed by atoms with Crippen LogP contribution in [-0.2, 0) is 11.8 Å². The number of aromatic nitrogens is 2. The Morgan fingerprint density at radius 3 is 2.47 bits per heavy atom. The minimum absolute atomic E-state index is 0.000264. The Morgan fingerprint density at radius 1 is 1.03 bits per heavy atom. The number of carbonyl (C=O) groups is 1. The van der Waals surface area contributed by atoms with Crippen molar-refractivity contribution in [2.75, 3.05) is 38.1 Å². The van der Waals surface area contributed by atoms with Crippen molar-refractivity contribution in [3.8, 4) is 16.9 Å². The molecular weight excluding hydrogens is 400 g/mol. The second kappa shape index (κ2) is 8.58. The van der Waals surface area contributed by atoms with Crippen LogP contribution in [0.4, 0.5) is 5.69 Å². The summed E-state index contributed by atoms with van der Waals surface area (Å²) in [6.45, 7) is 6.42. The predicted octanol–water partition coefficient (Wildman–Crippen LogP) is 4.13. The third kappa shape index (κ3) is 4.24. The Labute approximate surface area is 189 Å². The normalized spacial score (nSPS) is 20.8. The molecule has 1 aliphatic carbocycles. The average molecular weight is 433 g/mol. The Balaban J connectivity index is 1.42. The van der Waals surface area contributed by atoms with E-state index in [1.165, 1.54) is 5.69 Å². The van der Waals surface area contributed by atoms with Crippen LogP contribution in [-0.4, -0.2) is 59.8 Å². The molecule has 0 unspecified atom stereocenters. The highest BCUT2D eigenvalue weighted by atomic mass is 16.5. The van der Waals surface area contributed by atoms with Gasteiger partial charge >= 0.3 is 0 Å². The quantitative estimate of drug-likeness (QED) is 0.607. The first-order valence-electron chi connectivity index (χ1n) is 11.7. The number of anilines is 1. The molecule has 2 aliphatic rings. The maximum atomic E-state index is 11.7. The molecule has 6 nitrogen and oxygen atoms in total. The van der Waals surface area contributed by atoms with Gasteiger partial charge in [-0.25, -0.2) is 0 Å². The molecule has 3 aromatic rings. The SMILES string of the molecule is C[C@@H](Oc1cc(-c2ccc(N3CCN(C)CC3)cc2)cc2nn(C)cc12)[C@H]1CCC(=O)C1. The van der Waals surface area contributed by atoms with E-state index in [2.05, 4.69) is 65.3 Å². The fourth-order valence-electron chi connectivity index (χ4n) is 4.94. The number of aryl methyl sites for hydroxylation is 1. The number of hydrogen-bond acceptors (Lipinski definition) is 5. The molecule has 2 fully saturated rings.